The van der Waals surface area contributed by atoms with Gasteiger partial charge >= 0.3 is 0 Å². The Labute approximate surface area is 114 Å². The van der Waals surface area contributed by atoms with Crippen LogP contribution in [0.3, 0.4) is 0 Å². The summed E-state index contributed by atoms with van der Waals surface area (Å²) in [4.78, 5) is 4.68. The average Bonchev–Trinajstić information content (AvgIpc) is 2.42. The van der Waals surface area contributed by atoms with Crippen molar-refractivity contribution in [2.45, 2.75) is 26.4 Å². The summed E-state index contributed by atoms with van der Waals surface area (Å²) in [6.45, 7) is 8.95. The van der Waals surface area contributed by atoms with E-state index in [2.05, 4.69) is 29.7 Å². The van der Waals surface area contributed by atoms with Crippen molar-refractivity contribution < 1.29 is 4.39 Å². The topological polar surface area (TPSA) is 30.3 Å². The molecule has 0 spiro atoms. The maximum absolute atomic E-state index is 13.7. The zero-order valence-corrected chi connectivity index (χ0v) is 11.6. The van der Waals surface area contributed by atoms with Crippen molar-refractivity contribution in [2.24, 2.45) is 0 Å². The SMILES string of the molecule is CC(C)N1CCN(Cc2cc(C#N)ccc2F)CC1. The lowest BCUT2D eigenvalue weighted by atomic mass is 10.1. The molecule has 19 heavy (non-hydrogen) atoms. The zero-order valence-electron chi connectivity index (χ0n) is 11.6. The maximum atomic E-state index is 13.7. The standard InChI is InChI=1S/C15H20FN3/c1-12(2)19-7-5-18(6-8-19)11-14-9-13(10-17)3-4-15(14)16/h3-4,9,12H,5-8,11H2,1-2H3. The molecule has 0 radical (unpaired) electrons. The summed E-state index contributed by atoms with van der Waals surface area (Å²) >= 11 is 0. The van der Waals surface area contributed by atoms with Crippen LogP contribution in [-0.4, -0.2) is 42.0 Å². The van der Waals surface area contributed by atoms with Crippen molar-refractivity contribution >= 4 is 0 Å². The third-order valence-corrected chi connectivity index (χ3v) is 3.71. The van der Waals surface area contributed by atoms with Crippen LogP contribution in [0.5, 0.6) is 0 Å². The Kier molecular flexibility index (Phi) is 4.52. The van der Waals surface area contributed by atoms with E-state index in [4.69, 9.17) is 5.26 Å². The van der Waals surface area contributed by atoms with E-state index in [0.717, 1.165) is 26.2 Å². The first kappa shape index (κ1) is 14.0. The largest absolute Gasteiger partial charge is 0.298 e. The van der Waals surface area contributed by atoms with Crippen LogP contribution in [0.25, 0.3) is 0 Å². The molecule has 2 rings (SSSR count). The molecule has 3 nitrogen and oxygen atoms in total. The first-order valence-electron chi connectivity index (χ1n) is 6.75. The second kappa shape index (κ2) is 6.14. The van der Waals surface area contributed by atoms with Gasteiger partial charge in [-0.2, -0.15) is 5.26 Å². The van der Waals surface area contributed by atoms with Crippen molar-refractivity contribution in [3.8, 4) is 6.07 Å². The van der Waals surface area contributed by atoms with Gasteiger partial charge in [-0.25, -0.2) is 4.39 Å². The molecule has 1 aromatic carbocycles. The number of halogens is 1. The molecule has 0 saturated carbocycles. The normalized spacial score (nSPS) is 17.6. The van der Waals surface area contributed by atoms with E-state index in [1.54, 1.807) is 6.07 Å². The van der Waals surface area contributed by atoms with E-state index in [0.29, 0.717) is 23.7 Å². The third-order valence-electron chi connectivity index (χ3n) is 3.71. The lowest BCUT2D eigenvalue weighted by Crippen LogP contribution is -2.48. The molecule has 1 aliphatic heterocycles. The smallest absolute Gasteiger partial charge is 0.127 e. The highest BCUT2D eigenvalue weighted by Crippen LogP contribution is 2.15. The number of rotatable bonds is 3. The molecule has 1 saturated heterocycles. The van der Waals surface area contributed by atoms with E-state index in [1.807, 2.05) is 0 Å². The van der Waals surface area contributed by atoms with Gasteiger partial charge in [0.15, 0.2) is 0 Å². The lowest BCUT2D eigenvalue weighted by molar-refractivity contribution is 0.103. The van der Waals surface area contributed by atoms with Crippen LogP contribution in [0, 0.1) is 17.1 Å². The van der Waals surface area contributed by atoms with Crippen molar-refractivity contribution in [1.82, 2.24) is 9.80 Å². The van der Waals surface area contributed by atoms with Crippen LogP contribution < -0.4 is 0 Å². The van der Waals surface area contributed by atoms with Gasteiger partial charge in [0.1, 0.15) is 5.82 Å². The molecule has 1 heterocycles. The zero-order chi connectivity index (χ0) is 13.8. The summed E-state index contributed by atoms with van der Waals surface area (Å²) in [7, 11) is 0. The van der Waals surface area contributed by atoms with Gasteiger partial charge in [0, 0.05) is 44.3 Å². The average molecular weight is 261 g/mol. The fourth-order valence-electron chi connectivity index (χ4n) is 2.44. The van der Waals surface area contributed by atoms with Crippen LogP contribution in [0.4, 0.5) is 4.39 Å². The minimum Gasteiger partial charge on any atom is -0.298 e. The van der Waals surface area contributed by atoms with Crippen molar-refractivity contribution in [3.05, 3.63) is 35.1 Å². The van der Waals surface area contributed by atoms with E-state index < -0.39 is 0 Å². The first-order valence-corrected chi connectivity index (χ1v) is 6.75. The molecule has 0 aliphatic carbocycles. The number of nitriles is 1. The molecule has 0 bridgehead atoms. The van der Waals surface area contributed by atoms with Gasteiger partial charge in [-0.3, -0.25) is 9.80 Å². The summed E-state index contributed by atoms with van der Waals surface area (Å²) in [6.07, 6.45) is 0. The lowest BCUT2D eigenvalue weighted by Gasteiger charge is -2.37. The molecule has 102 valence electrons. The van der Waals surface area contributed by atoms with Gasteiger partial charge in [0.2, 0.25) is 0 Å². The van der Waals surface area contributed by atoms with Crippen LogP contribution in [0.15, 0.2) is 18.2 Å². The fraction of sp³-hybridized carbons (Fsp3) is 0.533. The van der Waals surface area contributed by atoms with E-state index in [1.165, 1.54) is 12.1 Å². The van der Waals surface area contributed by atoms with Gasteiger partial charge in [0.25, 0.3) is 0 Å². The number of benzene rings is 1. The Morgan fingerprint density at radius 3 is 2.53 bits per heavy atom. The summed E-state index contributed by atoms with van der Waals surface area (Å²) < 4.78 is 13.7. The fourth-order valence-corrected chi connectivity index (χ4v) is 2.44. The van der Waals surface area contributed by atoms with Gasteiger partial charge < -0.3 is 0 Å². The Hall–Kier alpha value is -1.44. The molecule has 1 fully saturated rings. The monoisotopic (exact) mass is 261 g/mol. The molecule has 0 amide bonds. The number of nitrogens with zero attached hydrogens (tertiary/aromatic N) is 3. The summed E-state index contributed by atoms with van der Waals surface area (Å²) in [5.41, 5.74) is 1.15. The Morgan fingerprint density at radius 2 is 1.95 bits per heavy atom. The van der Waals surface area contributed by atoms with Gasteiger partial charge in [0.05, 0.1) is 11.6 Å². The summed E-state index contributed by atoms with van der Waals surface area (Å²) in [5, 5.41) is 8.86. The van der Waals surface area contributed by atoms with Crippen molar-refractivity contribution in [1.29, 1.82) is 5.26 Å². The Morgan fingerprint density at radius 1 is 1.26 bits per heavy atom. The molecule has 0 N–H and O–H groups in total. The third kappa shape index (κ3) is 3.52. The minimum absolute atomic E-state index is 0.217. The van der Waals surface area contributed by atoms with E-state index in [9.17, 15) is 4.39 Å². The molecular weight excluding hydrogens is 241 g/mol. The van der Waals surface area contributed by atoms with Crippen molar-refractivity contribution in [3.63, 3.8) is 0 Å². The van der Waals surface area contributed by atoms with Gasteiger partial charge in [-0.05, 0) is 32.0 Å². The highest BCUT2D eigenvalue weighted by molar-refractivity contribution is 5.33. The summed E-state index contributed by atoms with van der Waals surface area (Å²) in [6, 6.07) is 7.20. The Balaban J connectivity index is 1.98. The molecule has 0 atom stereocenters. The molecule has 1 aromatic rings. The van der Waals surface area contributed by atoms with Crippen LogP contribution in [-0.2, 0) is 6.54 Å². The maximum Gasteiger partial charge on any atom is 0.127 e. The van der Waals surface area contributed by atoms with Crippen molar-refractivity contribution in [2.75, 3.05) is 26.2 Å². The molecule has 4 heteroatoms. The first-order chi connectivity index (χ1) is 9.10. The van der Waals surface area contributed by atoms with Crippen LogP contribution >= 0.6 is 0 Å². The molecular formula is C15H20FN3. The molecule has 1 aliphatic rings. The highest BCUT2D eigenvalue weighted by atomic mass is 19.1. The number of hydrogen-bond acceptors (Lipinski definition) is 3. The van der Waals surface area contributed by atoms with Crippen LogP contribution in [0.2, 0.25) is 0 Å². The molecule has 0 unspecified atom stereocenters. The predicted molar refractivity (Wildman–Crippen MR) is 73.1 cm³/mol. The number of hydrogen-bond donors (Lipinski definition) is 0. The second-order valence-electron chi connectivity index (χ2n) is 5.32. The molecule has 0 aromatic heterocycles. The Bertz CT molecular complexity index is 471. The predicted octanol–water partition coefficient (Wildman–Crippen LogP) is 2.22. The number of piperazine rings is 1. The quantitative estimate of drug-likeness (QED) is 0.836. The summed E-state index contributed by atoms with van der Waals surface area (Å²) in [5.74, 6) is -0.217. The van der Waals surface area contributed by atoms with E-state index >= 15 is 0 Å². The van der Waals surface area contributed by atoms with Gasteiger partial charge in [-0.1, -0.05) is 0 Å². The minimum atomic E-state index is -0.217. The van der Waals surface area contributed by atoms with Crippen LogP contribution in [0.1, 0.15) is 25.0 Å². The second-order valence-corrected chi connectivity index (χ2v) is 5.32. The van der Waals surface area contributed by atoms with Gasteiger partial charge in [-0.15, -0.1) is 0 Å². The highest BCUT2D eigenvalue weighted by Gasteiger charge is 2.19. The van der Waals surface area contributed by atoms with E-state index in [-0.39, 0.29) is 5.82 Å².